The lowest BCUT2D eigenvalue weighted by Crippen LogP contribution is -1.99. The second-order valence-electron chi connectivity index (χ2n) is 3.93. The van der Waals surface area contributed by atoms with Crippen LogP contribution in [0.1, 0.15) is 13.3 Å². The number of nitrogen functional groups attached to an aromatic ring is 1. The Bertz CT molecular complexity index is 499. The first kappa shape index (κ1) is 12.8. The lowest BCUT2D eigenvalue weighted by molar-refractivity contribution is 0.318. The molecular weight excluding hydrogens is 242 g/mol. The van der Waals surface area contributed by atoms with Crippen LogP contribution < -0.4 is 10.5 Å². The van der Waals surface area contributed by atoms with Gasteiger partial charge in [0.25, 0.3) is 0 Å². The van der Waals surface area contributed by atoms with Gasteiger partial charge in [-0.2, -0.15) is 0 Å². The van der Waals surface area contributed by atoms with Crippen LogP contribution in [0.25, 0.3) is 0 Å². The molecule has 0 heterocycles. The number of para-hydroxylation sites is 1. The van der Waals surface area contributed by atoms with E-state index in [9.17, 15) is 0 Å². The summed E-state index contributed by atoms with van der Waals surface area (Å²) in [6.45, 7) is 2.78. The zero-order valence-corrected chi connectivity index (χ0v) is 11.2. The van der Waals surface area contributed by atoms with Gasteiger partial charge >= 0.3 is 0 Å². The minimum absolute atomic E-state index is 0.698. The molecule has 94 valence electrons. The molecule has 0 fully saturated rings. The first-order valence-electron chi connectivity index (χ1n) is 6.05. The van der Waals surface area contributed by atoms with E-state index >= 15 is 0 Å². The molecule has 2 N–H and O–H groups in total. The fraction of sp³-hybridized carbons (Fsp3) is 0.200. The number of anilines is 1. The van der Waals surface area contributed by atoms with Crippen molar-refractivity contribution in [2.75, 3.05) is 12.3 Å². The van der Waals surface area contributed by atoms with Gasteiger partial charge < -0.3 is 10.5 Å². The molecule has 2 aromatic carbocycles. The minimum Gasteiger partial charge on any atom is -0.491 e. The molecule has 18 heavy (non-hydrogen) atoms. The van der Waals surface area contributed by atoms with Gasteiger partial charge in [0.15, 0.2) is 0 Å². The van der Waals surface area contributed by atoms with Crippen molar-refractivity contribution in [3.05, 3.63) is 48.5 Å². The number of hydrogen-bond acceptors (Lipinski definition) is 3. The van der Waals surface area contributed by atoms with E-state index in [-0.39, 0.29) is 0 Å². The first-order chi connectivity index (χ1) is 8.81. The minimum atomic E-state index is 0.698. The summed E-state index contributed by atoms with van der Waals surface area (Å²) in [4.78, 5) is 2.21. The van der Waals surface area contributed by atoms with Crippen molar-refractivity contribution in [2.24, 2.45) is 0 Å². The Kier molecular flexibility index (Phi) is 4.53. The highest BCUT2D eigenvalue weighted by Gasteiger charge is 2.07. The molecule has 2 nitrogen and oxygen atoms in total. The molecule has 2 rings (SSSR count). The van der Waals surface area contributed by atoms with Crippen LogP contribution in [0.5, 0.6) is 5.75 Å². The Hall–Kier alpha value is -1.61. The highest BCUT2D eigenvalue weighted by molar-refractivity contribution is 7.99. The summed E-state index contributed by atoms with van der Waals surface area (Å²) in [7, 11) is 0. The van der Waals surface area contributed by atoms with Gasteiger partial charge in [-0.3, -0.25) is 0 Å². The average Bonchev–Trinajstić information content (AvgIpc) is 2.41. The van der Waals surface area contributed by atoms with E-state index in [4.69, 9.17) is 10.5 Å². The zero-order chi connectivity index (χ0) is 12.8. The van der Waals surface area contributed by atoms with E-state index < -0.39 is 0 Å². The predicted molar refractivity (Wildman–Crippen MR) is 77.2 cm³/mol. The highest BCUT2D eigenvalue weighted by atomic mass is 32.2. The Morgan fingerprint density at radius 2 is 1.83 bits per heavy atom. The van der Waals surface area contributed by atoms with Crippen LogP contribution in [0.2, 0.25) is 0 Å². The molecule has 0 aromatic heterocycles. The number of nitrogens with two attached hydrogens (primary N) is 1. The normalized spacial score (nSPS) is 10.3. The van der Waals surface area contributed by atoms with Gasteiger partial charge in [-0.15, -0.1) is 0 Å². The fourth-order valence-electron chi connectivity index (χ4n) is 1.57. The topological polar surface area (TPSA) is 35.2 Å². The van der Waals surface area contributed by atoms with Gasteiger partial charge in [-0.25, -0.2) is 0 Å². The monoisotopic (exact) mass is 259 g/mol. The maximum Gasteiger partial charge on any atom is 0.143 e. The van der Waals surface area contributed by atoms with Crippen molar-refractivity contribution in [2.45, 2.75) is 23.1 Å². The number of rotatable bonds is 5. The third-order valence-corrected chi connectivity index (χ3v) is 3.54. The molecule has 3 heteroatoms. The second-order valence-corrected chi connectivity index (χ2v) is 5.05. The highest BCUT2D eigenvalue weighted by Crippen LogP contribution is 2.36. The summed E-state index contributed by atoms with van der Waals surface area (Å²) in [6, 6.07) is 16.1. The lowest BCUT2D eigenvalue weighted by Gasteiger charge is -2.11. The molecule has 0 spiro atoms. The molecule has 2 aromatic rings. The van der Waals surface area contributed by atoms with Crippen molar-refractivity contribution < 1.29 is 4.74 Å². The molecule has 0 saturated heterocycles. The fourth-order valence-corrected chi connectivity index (χ4v) is 2.47. The first-order valence-corrected chi connectivity index (χ1v) is 6.87. The molecule has 0 aliphatic heterocycles. The number of ether oxygens (including phenoxy) is 1. The molecule has 0 aliphatic carbocycles. The Balaban J connectivity index is 2.18. The summed E-state index contributed by atoms with van der Waals surface area (Å²) in [5.41, 5.74) is 6.85. The standard InChI is InChI=1S/C15H17NOS/c1-2-11-17-13-9-6-10-14(15(13)16)18-12-7-4-3-5-8-12/h3-10H,2,11,16H2,1H3. The van der Waals surface area contributed by atoms with Crippen LogP contribution in [0.15, 0.2) is 58.3 Å². The quantitative estimate of drug-likeness (QED) is 0.817. The molecule has 0 atom stereocenters. The zero-order valence-electron chi connectivity index (χ0n) is 10.4. The average molecular weight is 259 g/mol. The summed E-state index contributed by atoms with van der Waals surface area (Å²) < 4.78 is 5.63. The third kappa shape index (κ3) is 3.20. The summed E-state index contributed by atoms with van der Waals surface area (Å²) in [6.07, 6.45) is 0.982. The van der Waals surface area contributed by atoms with Crippen LogP contribution in [0.3, 0.4) is 0 Å². The van der Waals surface area contributed by atoms with Gasteiger partial charge in [-0.1, -0.05) is 43.0 Å². The predicted octanol–water partition coefficient (Wildman–Crippen LogP) is 4.21. The Morgan fingerprint density at radius 3 is 2.56 bits per heavy atom. The number of benzene rings is 2. The third-order valence-electron chi connectivity index (χ3n) is 2.46. The summed E-state index contributed by atoms with van der Waals surface area (Å²) >= 11 is 1.66. The molecule has 0 radical (unpaired) electrons. The Morgan fingerprint density at radius 1 is 1.06 bits per heavy atom. The Labute approximate surface area is 112 Å². The smallest absolute Gasteiger partial charge is 0.143 e. The van der Waals surface area contributed by atoms with Crippen molar-refractivity contribution in [3.8, 4) is 5.75 Å². The maximum absolute atomic E-state index is 6.13. The van der Waals surface area contributed by atoms with Crippen LogP contribution in [0.4, 0.5) is 5.69 Å². The van der Waals surface area contributed by atoms with E-state index in [2.05, 4.69) is 19.1 Å². The van der Waals surface area contributed by atoms with E-state index in [0.717, 1.165) is 22.8 Å². The maximum atomic E-state index is 6.13. The van der Waals surface area contributed by atoms with Gasteiger partial charge in [0, 0.05) is 9.79 Å². The second kappa shape index (κ2) is 6.36. The van der Waals surface area contributed by atoms with Crippen molar-refractivity contribution in [1.82, 2.24) is 0 Å². The van der Waals surface area contributed by atoms with E-state index in [1.807, 2.05) is 36.4 Å². The molecule has 0 amide bonds. The SMILES string of the molecule is CCCOc1cccc(Sc2ccccc2)c1N. The molecule has 0 bridgehead atoms. The summed E-state index contributed by atoms with van der Waals surface area (Å²) in [5, 5.41) is 0. The lowest BCUT2D eigenvalue weighted by atomic mass is 10.3. The van der Waals surface area contributed by atoms with Crippen molar-refractivity contribution in [1.29, 1.82) is 0 Å². The van der Waals surface area contributed by atoms with Gasteiger partial charge in [0.1, 0.15) is 5.75 Å². The molecular formula is C15H17NOS. The molecule has 0 aliphatic rings. The van der Waals surface area contributed by atoms with Crippen LogP contribution >= 0.6 is 11.8 Å². The van der Waals surface area contributed by atoms with E-state index in [1.165, 1.54) is 4.90 Å². The molecule has 0 unspecified atom stereocenters. The summed E-state index contributed by atoms with van der Waals surface area (Å²) in [5.74, 6) is 0.776. The van der Waals surface area contributed by atoms with E-state index in [0.29, 0.717) is 6.61 Å². The number of hydrogen-bond donors (Lipinski definition) is 1. The van der Waals surface area contributed by atoms with Crippen LogP contribution in [-0.4, -0.2) is 6.61 Å². The van der Waals surface area contributed by atoms with E-state index in [1.54, 1.807) is 11.8 Å². The van der Waals surface area contributed by atoms with Crippen molar-refractivity contribution in [3.63, 3.8) is 0 Å². The largest absolute Gasteiger partial charge is 0.491 e. The van der Waals surface area contributed by atoms with Gasteiger partial charge in [0.05, 0.1) is 12.3 Å². The van der Waals surface area contributed by atoms with Crippen molar-refractivity contribution >= 4 is 17.4 Å². The van der Waals surface area contributed by atoms with Gasteiger partial charge in [-0.05, 0) is 30.7 Å². The van der Waals surface area contributed by atoms with Gasteiger partial charge in [0.2, 0.25) is 0 Å². The van der Waals surface area contributed by atoms with Crippen LogP contribution in [0, 0.1) is 0 Å². The van der Waals surface area contributed by atoms with Crippen LogP contribution in [-0.2, 0) is 0 Å². The molecule has 0 saturated carbocycles.